The number of carbonyl (C=O) groups is 1. The molecule has 1 amide bonds. The van der Waals surface area contributed by atoms with Gasteiger partial charge < -0.3 is 19.5 Å². The highest BCUT2D eigenvalue weighted by molar-refractivity contribution is 5.79. The van der Waals surface area contributed by atoms with Crippen LogP contribution < -0.4 is 19.5 Å². The highest BCUT2D eigenvalue weighted by Gasteiger charge is 2.16. The standard InChI is InChI=1S/C20H23NO4/c1-3-23-17-7-4-15(5-8-17)12-20(22)21-14(2)16-6-9-18-19(13-16)25-11-10-24-18/h4-9,13-14H,3,10-12H2,1-2H3,(H,21,22)/t14-/m0/s1. The van der Waals surface area contributed by atoms with E-state index in [1.807, 2.05) is 56.3 Å². The van der Waals surface area contributed by atoms with E-state index in [9.17, 15) is 4.79 Å². The first kappa shape index (κ1) is 17.1. The van der Waals surface area contributed by atoms with Crippen molar-refractivity contribution in [2.24, 2.45) is 0 Å². The third kappa shape index (κ3) is 4.44. The lowest BCUT2D eigenvalue weighted by atomic mass is 10.1. The Hall–Kier alpha value is -2.69. The highest BCUT2D eigenvalue weighted by Crippen LogP contribution is 2.32. The van der Waals surface area contributed by atoms with Crippen LogP contribution in [0, 0.1) is 0 Å². The molecule has 0 fully saturated rings. The molecular formula is C20H23NO4. The summed E-state index contributed by atoms with van der Waals surface area (Å²) < 4.78 is 16.5. The second-order valence-electron chi connectivity index (χ2n) is 5.95. The minimum absolute atomic E-state index is 0.0217. The Kier molecular flexibility index (Phi) is 5.43. The molecule has 1 atom stereocenters. The molecule has 3 rings (SSSR count). The van der Waals surface area contributed by atoms with Gasteiger partial charge in [-0.15, -0.1) is 0 Å². The van der Waals surface area contributed by atoms with Gasteiger partial charge in [-0.2, -0.15) is 0 Å². The van der Waals surface area contributed by atoms with Gasteiger partial charge in [-0.25, -0.2) is 0 Å². The van der Waals surface area contributed by atoms with Crippen LogP contribution in [-0.4, -0.2) is 25.7 Å². The van der Waals surface area contributed by atoms with Crippen molar-refractivity contribution < 1.29 is 19.0 Å². The molecule has 2 aromatic rings. The van der Waals surface area contributed by atoms with Crippen LogP contribution in [-0.2, 0) is 11.2 Å². The van der Waals surface area contributed by atoms with E-state index in [-0.39, 0.29) is 11.9 Å². The van der Waals surface area contributed by atoms with E-state index in [0.717, 1.165) is 28.4 Å². The van der Waals surface area contributed by atoms with Crippen molar-refractivity contribution in [1.82, 2.24) is 5.32 Å². The Bertz CT molecular complexity index is 727. The number of hydrogen-bond acceptors (Lipinski definition) is 4. The van der Waals surface area contributed by atoms with Gasteiger partial charge in [-0.1, -0.05) is 18.2 Å². The van der Waals surface area contributed by atoms with Crippen molar-refractivity contribution in [2.75, 3.05) is 19.8 Å². The summed E-state index contributed by atoms with van der Waals surface area (Å²) in [5.74, 6) is 2.28. The molecule has 0 radical (unpaired) electrons. The highest BCUT2D eigenvalue weighted by atomic mass is 16.6. The number of amides is 1. The molecule has 0 spiro atoms. The number of nitrogens with one attached hydrogen (secondary N) is 1. The van der Waals surface area contributed by atoms with Crippen LogP contribution in [0.25, 0.3) is 0 Å². The third-order valence-electron chi connectivity index (χ3n) is 4.04. The summed E-state index contributed by atoms with van der Waals surface area (Å²) in [6.07, 6.45) is 0.335. The number of benzene rings is 2. The lowest BCUT2D eigenvalue weighted by molar-refractivity contribution is -0.121. The van der Waals surface area contributed by atoms with Gasteiger partial charge in [0.2, 0.25) is 5.91 Å². The first-order valence-electron chi connectivity index (χ1n) is 8.56. The SMILES string of the molecule is CCOc1ccc(CC(=O)N[C@@H](C)c2ccc3c(c2)OCCO3)cc1. The van der Waals surface area contributed by atoms with Gasteiger partial charge in [0.25, 0.3) is 0 Å². The van der Waals surface area contributed by atoms with E-state index < -0.39 is 0 Å². The Morgan fingerprint density at radius 3 is 2.56 bits per heavy atom. The molecule has 0 bridgehead atoms. The summed E-state index contributed by atoms with van der Waals surface area (Å²) in [5.41, 5.74) is 1.94. The van der Waals surface area contributed by atoms with Gasteiger partial charge >= 0.3 is 0 Å². The minimum Gasteiger partial charge on any atom is -0.494 e. The first-order valence-corrected chi connectivity index (χ1v) is 8.56. The molecule has 2 aromatic carbocycles. The molecule has 5 heteroatoms. The molecule has 0 saturated carbocycles. The van der Waals surface area contributed by atoms with Crippen molar-refractivity contribution in [3.63, 3.8) is 0 Å². The molecule has 132 valence electrons. The topological polar surface area (TPSA) is 56.8 Å². The number of carbonyl (C=O) groups excluding carboxylic acids is 1. The minimum atomic E-state index is -0.106. The molecule has 0 aromatic heterocycles. The molecule has 1 aliphatic rings. The second-order valence-corrected chi connectivity index (χ2v) is 5.95. The monoisotopic (exact) mass is 341 g/mol. The average molecular weight is 341 g/mol. The number of hydrogen-bond donors (Lipinski definition) is 1. The molecule has 0 unspecified atom stereocenters. The van der Waals surface area contributed by atoms with Crippen molar-refractivity contribution in [2.45, 2.75) is 26.3 Å². The van der Waals surface area contributed by atoms with Crippen LogP contribution in [0.1, 0.15) is 31.0 Å². The predicted octanol–water partition coefficient (Wildman–Crippen LogP) is 3.28. The molecule has 1 aliphatic heterocycles. The molecule has 1 heterocycles. The van der Waals surface area contributed by atoms with E-state index in [2.05, 4.69) is 5.32 Å². The Balaban J connectivity index is 1.58. The maximum absolute atomic E-state index is 12.3. The number of ether oxygens (including phenoxy) is 3. The van der Waals surface area contributed by atoms with Gasteiger partial charge in [-0.05, 0) is 49.2 Å². The molecule has 0 saturated heterocycles. The summed E-state index contributed by atoms with van der Waals surface area (Å²) in [7, 11) is 0. The lowest BCUT2D eigenvalue weighted by Gasteiger charge is -2.21. The van der Waals surface area contributed by atoms with Gasteiger partial charge in [0.15, 0.2) is 11.5 Å². The van der Waals surface area contributed by atoms with E-state index in [1.165, 1.54) is 0 Å². The predicted molar refractivity (Wildman–Crippen MR) is 95.3 cm³/mol. The van der Waals surface area contributed by atoms with Crippen molar-refractivity contribution in [1.29, 1.82) is 0 Å². The summed E-state index contributed by atoms with van der Waals surface area (Å²) in [6, 6.07) is 13.3. The van der Waals surface area contributed by atoms with Gasteiger partial charge in [0, 0.05) is 0 Å². The number of fused-ring (bicyclic) bond motifs is 1. The average Bonchev–Trinajstić information content (AvgIpc) is 2.63. The fourth-order valence-corrected chi connectivity index (χ4v) is 2.76. The van der Waals surface area contributed by atoms with Crippen LogP contribution in [0.3, 0.4) is 0 Å². The molecule has 1 N–H and O–H groups in total. The van der Waals surface area contributed by atoms with Crippen molar-refractivity contribution in [3.8, 4) is 17.2 Å². The zero-order valence-electron chi connectivity index (χ0n) is 14.6. The molecule has 25 heavy (non-hydrogen) atoms. The van der Waals surface area contributed by atoms with Crippen molar-refractivity contribution in [3.05, 3.63) is 53.6 Å². The van der Waals surface area contributed by atoms with E-state index >= 15 is 0 Å². The lowest BCUT2D eigenvalue weighted by Crippen LogP contribution is -2.28. The maximum Gasteiger partial charge on any atom is 0.224 e. The normalized spacial score (nSPS) is 13.8. The maximum atomic E-state index is 12.3. The summed E-state index contributed by atoms with van der Waals surface area (Å²) in [5, 5.41) is 3.02. The quantitative estimate of drug-likeness (QED) is 0.876. The third-order valence-corrected chi connectivity index (χ3v) is 4.04. The van der Waals surface area contributed by atoms with E-state index in [4.69, 9.17) is 14.2 Å². The second kappa shape index (κ2) is 7.92. The Labute approximate surface area is 147 Å². The van der Waals surface area contributed by atoms with Crippen LogP contribution in [0.4, 0.5) is 0 Å². The van der Waals surface area contributed by atoms with Crippen LogP contribution in [0.15, 0.2) is 42.5 Å². The van der Waals surface area contributed by atoms with Gasteiger partial charge in [-0.3, -0.25) is 4.79 Å². The van der Waals surface area contributed by atoms with Crippen LogP contribution in [0.5, 0.6) is 17.2 Å². The largest absolute Gasteiger partial charge is 0.494 e. The molecular weight excluding hydrogens is 318 g/mol. The fourth-order valence-electron chi connectivity index (χ4n) is 2.76. The van der Waals surface area contributed by atoms with E-state index in [0.29, 0.717) is 26.2 Å². The summed E-state index contributed by atoms with van der Waals surface area (Å²) >= 11 is 0. The Morgan fingerprint density at radius 2 is 1.84 bits per heavy atom. The van der Waals surface area contributed by atoms with Gasteiger partial charge in [0.1, 0.15) is 19.0 Å². The first-order chi connectivity index (χ1) is 12.2. The smallest absolute Gasteiger partial charge is 0.224 e. The van der Waals surface area contributed by atoms with Gasteiger partial charge in [0.05, 0.1) is 19.1 Å². The molecule has 0 aliphatic carbocycles. The van der Waals surface area contributed by atoms with Crippen LogP contribution in [0.2, 0.25) is 0 Å². The van der Waals surface area contributed by atoms with Crippen molar-refractivity contribution >= 4 is 5.91 Å². The number of rotatable bonds is 6. The van der Waals surface area contributed by atoms with E-state index in [1.54, 1.807) is 0 Å². The summed E-state index contributed by atoms with van der Waals surface area (Å²) in [6.45, 7) is 5.66. The fraction of sp³-hybridized carbons (Fsp3) is 0.350. The molecule has 5 nitrogen and oxygen atoms in total. The zero-order chi connectivity index (χ0) is 17.6. The van der Waals surface area contributed by atoms with Crippen LogP contribution >= 0.6 is 0 Å². The summed E-state index contributed by atoms with van der Waals surface area (Å²) in [4.78, 5) is 12.3. The Morgan fingerprint density at radius 1 is 1.12 bits per heavy atom. The zero-order valence-corrected chi connectivity index (χ0v) is 14.6.